The second-order valence-electron chi connectivity index (χ2n) is 4.52. The van der Waals surface area contributed by atoms with Crippen LogP contribution in [0, 0.1) is 0 Å². The lowest BCUT2D eigenvalue weighted by Gasteiger charge is -2.05. The molecule has 3 rings (SSSR count). The summed E-state index contributed by atoms with van der Waals surface area (Å²) in [6, 6.07) is 8.08. The molecule has 0 radical (unpaired) electrons. The first kappa shape index (κ1) is 13.0. The number of hydrogen-bond donors (Lipinski definition) is 1. The number of fused-ring (bicyclic) bond motifs is 1. The van der Waals surface area contributed by atoms with Gasteiger partial charge in [-0.15, -0.1) is 11.3 Å². The van der Waals surface area contributed by atoms with Gasteiger partial charge in [0, 0.05) is 23.8 Å². The fourth-order valence-corrected chi connectivity index (χ4v) is 3.11. The Balaban J connectivity index is 2.03. The first-order valence-corrected chi connectivity index (χ1v) is 7.48. The third-order valence-corrected chi connectivity index (χ3v) is 4.31. The van der Waals surface area contributed by atoms with E-state index >= 15 is 0 Å². The molecular formula is C15H16N4S. The molecule has 0 bridgehead atoms. The maximum atomic E-state index is 4.68. The van der Waals surface area contributed by atoms with E-state index < -0.39 is 0 Å². The van der Waals surface area contributed by atoms with E-state index in [1.165, 1.54) is 4.88 Å². The summed E-state index contributed by atoms with van der Waals surface area (Å²) in [5, 5.41) is 4.28. The molecular weight excluding hydrogens is 268 g/mol. The zero-order valence-electron chi connectivity index (χ0n) is 11.6. The van der Waals surface area contributed by atoms with E-state index in [0.717, 1.165) is 34.0 Å². The molecule has 3 heterocycles. The monoisotopic (exact) mass is 284 g/mol. The minimum Gasteiger partial charge on any atom is -0.372 e. The van der Waals surface area contributed by atoms with Crippen LogP contribution >= 0.6 is 11.3 Å². The molecule has 0 aliphatic heterocycles. The van der Waals surface area contributed by atoms with Crippen molar-refractivity contribution in [2.45, 2.75) is 19.8 Å². The third-order valence-electron chi connectivity index (χ3n) is 3.14. The Morgan fingerprint density at radius 2 is 2.15 bits per heavy atom. The molecule has 102 valence electrons. The highest BCUT2D eigenvalue weighted by atomic mass is 32.1. The quantitative estimate of drug-likeness (QED) is 0.799. The summed E-state index contributed by atoms with van der Waals surface area (Å²) in [5.41, 5.74) is 0.987. The van der Waals surface area contributed by atoms with Gasteiger partial charge in [-0.1, -0.05) is 13.0 Å². The topological polar surface area (TPSA) is 50.7 Å². The molecule has 4 nitrogen and oxygen atoms in total. The molecule has 0 aliphatic carbocycles. The van der Waals surface area contributed by atoms with Gasteiger partial charge in [0.15, 0.2) is 0 Å². The predicted molar refractivity (Wildman–Crippen MR) is 83.4 cm³/mol. The fraction of sp³-hybridized carbons (Fsp3) is 0.267. The number of hydrogen-bond acceptors (Lipinski definition) is 5. The lowest BCUT2D eigenvalue weighted by molar-refractivity contribution is 0.958. The number of aromatic nitrogens is 3. The molecule has 1 N–H and O–H groups in total. The molecule has 0 amide bonds. The van der Waals surface area contributed by atoms with Gasteiger partial charge in [0.05, 0.1) is 11.8 Å². The number of pyridine rings is 1. The summed E-state index contributed by atoms with van der Waals surface area (Å²) in [5.74, 6) is 1.71. The molecule has 3 aromatic heterocycles. The van der Waals surface area contributed by atoms with Gasteiger partial charge in [-0.3, -0.25) is 4.98 Å². The van der Waals surface area contributed by atoms with Crippen LogP contribution in [-0.4, -0.2) is 22.0 Å². The van der Waals surface area contributed by atoms with Crippen molar-refractivity contribution in [2.75, 3.05) is 12.4 Å². The van der Waals surface area contributed by atoms with Gasteiger partial charge in [0.1, 0.15) is 16.5 Å². The van der Waals surface area contributed by atoms with E-state index in [4.69, 9.17) is 0 Å². The number of nitrogens with zero attached hydrogens (tertiary/aromatic N) is 3. The van der Waals surface area contributed by atoms with E-state index in [2.05, 4.69) is 33.3 Å². The van der Waals surface area contributed by atoms with Crippen molar-refractivity contribution in [2.24, 2.45) is 0 Å². The molecule has 0 aromatic carbocycles. The van der Waals surface area contributed by atoms with E-state index in [1.54, 1.807) is 17.5 Å². The first-order valence-electron chi connectivity index (χ1n) is 6.67. The van der Waals surface area contributed by atoms with Crippen LogP contribution in [0.5, 0.6) is 0 Å². The van der Waals surface area contributed by atoms with Crippen LogP contribution in [0.3, 0.4) is 0 Å². The largest absolute Gasteiger partial charge is 0.372 e. The second kappa shape index (κ2) is 5.54. The van der Waals surface area contributed by atoms with E-state index in [-0.39, 0.29) is 0 Å². The molecule has 3 aromatic rings. The lowest BCUT2D eigenvalue weighted by atomic mass is 10.2. The Labute approximate surface area is 121 Å². The van der Waals surface area contributed by atoms with Gasteiger partial charge in [-0.05, 0) is 24.6 Å². The Bertz CT molecular complexity index is 721. The SMILES string of the molecule is CCc1cc2c(NC)nc(Cc3ccccn3)nc2s1. The minimum absolute atomic E-state index is 0.658. The van der Waals surface area contributed by atoms with Crippen molar-refractivity contribution in [3.05, 3.63) is 46.9 Å². The van der Waals surface area contributed by atoms with Crippen molar-refractivity contribution >= 4 is 27.4 Å². The van der Waals surface area contributed by atoms with Crippen molar-refractivity contribution in [3.63, 3.8) is 0 Å². The normalized spacial score (nSPS) is 10.9. The number of anilines is 1. The molecule has 0 saturated carbocycles. The summed E-state index contributed by atoms with van der Waals surface area (Å²) in [7, 11) is 1.90. The second-order valence-corrected chi connectivity index (χ2v) is 5.64. The van der Waals surface area contributed by atoms with Gasteiger partial charge < -0.3 is 5.32 Å². The van der Waals surface area contributed by atoms with Crippen LogP contribution in [0.2, 0.25) is 0 Å². The first-order chi connectivity index (χ1) is 9.80. The zero-order valence-corrected chi connectivity index (χ0v) is 12.4. The van der Waals surface area contributed by atoms with Crippen LogP contribution in [-0.2, 0) is 12.8 Å². The number of aryl methyl sites for hydroxylation is 1. The molecule has 0 spiro atoms. The smallest absolute Gasteiger partial charge is 0.138 e. The van der Waals surface area contributed by atoms with Crippen LogP contribution in [0.1, 0.15) is 23.3 Å². The maximum absolute atomic E-state index is 4.68. The van der Waals surface area contributed by atoms with Crippen molar-refractivity contribution in [1.82, 2.24) is 15.0 Å². The van der Waals surface area contributed by atoms with Gasteiger partial charge in [0.2, 0.25) is 0 Å². The summed E-state index contributed by atoms with van der Waals surface area (Å²) >= 11 is 1.74. The molecule has 0 saturated heterocycles. The predicted octanol–water partition coefficient (Wildman–Crippen LogP) is 3.28. The standard InChI is InChI=1S/C15H16N4S/c1-3-11-9-12-14(16-2)18-13(19-15(12)20-11)8-10-6-4-5-7-17-10/h4-7,9H,3,8H2,1-2H3,(H,16,18,19). The van der Waals surface area contributed by atoms with Crippen molar-refractivity contribution in [3.8, 4) is 0 Å². The molecule has 20 heavy (non-hydrogen) atoms. The van der Waals surface area contributed by atoms with Crippen LogP contribution in [0.25, 0.3) is 10.2 Å². The minimum atomic E-state index is 0.658. The number of thiophene rings is 1. The summed E-state index contributed by atoms with van der Waals surface area (Å²) in [6.45, 7) is 2.16. The van der Waals surface area contributed by atoms with Crippen molar-refractivity contribution < 1.29 is 0 Å². The van der Waals surface area contributed by atoms with Gasteiger partial charge in [0.25, 0.3) is 0 Å². The molecule has 0 fully saturated rings. The highest BCUT2D eigenvalue weighted by molar-refractivity contribution is 7.18. The Hall–Kier alpha value is -2.01. The summed E-state index contributed by atoms with van der Waals surface area (Å²) in [6.07, 6.45) is 3.48. The van der Waals surface area contributed by atoms with Crippen molar-refractivity contribution in [1.29, 1.82) is 0 Å². The summed E-state index contributed by atoms with van der Waals surface area (Å²) < 4.78 is 0. The van der Waals surface area contributed by atoms with Crippen LogP contribution < -0.4 is 5.32 Å². The highest BCUT2D eigenvalue weighted by Crippen LogP contribution is 2.29. The molecule has 0 unspecified atom stereocenters. The molecule has 5 heteroatoms. The highest BCUT2D eigenvalue weighted by Gasteiger charge is 2.11. The summed E-state index contributed by atoms with van der Waals surface area (Å²) in [4.78, 5) is 16.0. The Morgan fingerprint density at radius 3 is 2.85 bits per heavy atom. The Morgan fingerprint density at radius 1 is 1.25 bits per heavy atom. The molecule has 0 aliphatic rings. The maximum Gasteiger partial charge on any atom is 0.138 e. The number of nitrogens with one attached hydrogen (secondary N) is 1. The Kier molecular flexibility index (Phi) is 3.60. The van der Waals surface area contributed by atoms with Gasteiger partial charge in [-0.25, -0.2) is 9.97 Å². The fourth-order valence-electron chi connectivity index (χ4n) is 2.12. The average Bonchev–Trinajstić information content (AvgIpc) is 2.90. The molecule has 0 atom stereocenters. The van der Waals surface area contributed by atoms with Gasteiger partial charge >= 0.3 is 0 Å². The van der Waals surface area contributed by atoms with E-state index in [1.807, 2.05) is 25.2 Å². The third kappa shape index (κ3) is 2.49. The van der Waals surface area contributed by atoms with Crippen LogP contribution in [0.15, 0.2) is 30.5 Å². The average molecular weight is 284 g/mol. The van der Waals surface area contributed by atoms with Crippen LogP contribution in [0.4, 0.5) is 5.82 Å². The van der Waals surface area contributed by atoms with Gasteiger partial charge in [-0.2, -0.15) is 0 Å². The zero-order chi connectivity index (χ0) is 13.9. The lowest BCUT2D eigenvalue weighted by Crippen LogP contribution is -2.02. The number of rotatable bonds is 4. The van der Waals surface area contributed by atoms with E-state index in [0.29, 0.717) is 6.42 Å². The van der Waals surface area contributed by atoms with E-state index in [9.17, 15) is 0 Å².